The van der Waals surface area contributed by atoms with Crippen molar-refractivity contribution in [1.29, 1.82) is 0 Å². The standard InChI is InChI=1S/C17H21ClN4O3/c1-5-25-17(24)15-12(18)7-13(16(23)22(15)8-10(2)3)21-14-6-11(4)19-9-20-14/h6-7,9-10H,5,8H2,1-4H3,(H,19,20,21). The monoisotopic (exact) mass is 364 g/mol. The largest absolute Gasteiger partial charge is 0.461 e. The van der Waals surface area contributed by atoms with Crippen LogP contribution in [0.25, 0.3) is 0 Å². The van der Waals surface area contributed by atoms with Gasteiger partial charge in [-0.2, -0.15) is 0 Å². The number of esters is 1. The lowest BCUT2D eigenvalue weighted by Gasteiger charge is -2.17. The maximum Gasteiger partial charge on any atom is 0.356 e. The highest BCUT2D eigenvalue weighted by atomic mass is 35.5. The van der Waals surface area contributed by atoms with Gasteiger partial charge in [-0.1, -0.05) is 25.4 Å². The molecule has 2 aromatic heterocycles. The lowest BCUT2D eigenvalue weighted by atomic mass is 10.2. The zero-order valence-corrected chi connectivity index (χ0v) is 15.4. The third-order valence-corrected chi connectivity index (χ3v) is 3.61. The second kappa shape index (κ2) is 8.11. The highest BCUT2D eigenvalue weighted by Gasteiger charge is 2.21. The molecule has 2 heterocycles. The molecule has 0 saturated heterocycles. The Hall–Kier alpha value is -2.41. The Morgan fingerprint density at radius 1 is 1.36 bits per heavy atom. The molecule has 2 rings (SSSR count). The van der Waals surface area contributed by atoms with Crippen LogP contribution in [0.4, 0.5) is 11.5 Å². The van der Waals surface area contributed by atoms with E-state index in [9.17, 15) is 9.59 Å². The highest BCUT2D eigenvalue weighted by molar-refractivity contribution is 6.33. The molecule has 2 aromatic rings. The average molecular weight is 365 g/mol. The maximum atomic E-state index is 12.9. The third kappa shape index (κ3) is 4.57. The van der Waals surface area contributed by atoms with E-state index in [4.69, 9.17) is 16.3 Å². The van der Waals surface area contributed by atoms with Crippen LogP contribution in [0.2, 0.25) is 5.02 Å². The molecule has 0 unspecified atom stereocenters. The first-order valence-corrected chi connectivity index (χ1v) is 8.37. The number of hydrogen-bond acceptors (Lipinski definition) is 6. The molecule has 0 aliphatic heterocycles. The SMILES string of the molecule is CCOC(=O)c1c(Cl)cc(Nc2cc(C)ncn2)c(=O)n1CC(C)C. The molecule has 25 heavy (non-hydrogen) atoms. The molecule has 1 N–H and O–H groups in total. The zero-order chi connectivity index (χ0) is 18.6. The van der Waals surface area contributed by atoms with Gasteiger partial charge in [-0.3, -0.25) is 9.36 Å². The van der Waals surface area contributed by atoms with Crippen molar-refractivity contribution < 1.29 is 9.53 Å². The van der Waals surface area contributed by atoms with Crippen LogP contribution in [0.15, 0.2) is 23.3 Å². The lowest BCUT2D eigenvalue weighted by molar-refractivity contribution is 0.0511. The highest BCUT2D eigenvalue weighted by Crippen LogP contribution is 2.22. The maximum absolute atomic E-state index is 12.9. The molecular weight excluding hydrogens is 344 g/mol. The number of nitrogens with zero attached hydrogens (tertiary/aromatic N) is 3. The van der Waals surface area contributed by atoms with Crippen LogP contribution in [0.3, 0.4) is 0 Å². The van der Waals surface area contributed by atoms with Crippen LogP contribution >= 0.6 is 11.6 Å². The third-order valence-electron chi connectivity index (χ3n) is 3.33. The number of carbonyl (C=O) groups is 1. The number of aromatic nitrogens is 3. The predicted octanol–water partition coefficient (Wildman–Crippen LogP) is 3.18. The minimum absolute atomic E-state index is 0.0617. The first kappa shape index (κ1) is 18.9. The molecular formula is C17H21ClN4O3. The first-order chi connectivity index (χ1) is 11.8. The number of carbonyl (C=O) groups excluding carboxylic acids is 1. The molecule has 0 spiro atoms. The topological polar surface area (TPSA) is 86.1 Å². The van der Waals surface area contributed by atoms with E-state index in [0.29, 0.717) is 12.4 Å². The molecule has 0 aliphatic rings. The summed E-state index contributed by atoms with van der Waals surface area (Å²) in [7, 11) is 0. The van der Waals surface area contributed by atoms with Gasteiger partial charge in [0.1, 0.15) is 23.5 Å². The number of ether oxygens (including phenoxy) is 1. The minimum Gasteiger partial charge on any atom is -0.461 e. The molecule has 0 fully saturated rings. The van der Waals surface area contributed by atoms with E-state index in [1.165, 1.54) is 17.0 Å². The van der Waals surface area contributed by atoms with Gasteiger partial charge in [0, 0.05) is 18.3 Å². The van der Waals surface area contributed by atoms with Gasteiger partial charge in [-0.15, -0.1) is 0 Å². The number of anilines is 2. The average Bonchev–Trinajstić information content (AvgIpc) is 2.52. The van der Waals surface area contributed by atoms with Crippen molar-refractivity contribution in [2.24, 2.45) is 5.92 Å². The molecule has 134 valence electrons. The Morgan fingerprint density at radius 2 is 2.08 bits per heavy atom. The summed E-state index contributed by atoms with van der Waals surface area (Å²) in [6.07, 6.45) is 1.40. The molecule has 0 aliphatic carbocycles. The summed E-state index contributed by atoms with van der Waals surface area (Å²) in [5.74, 6) is -0.00573. The van der Waals surface area contributed by atoms with Crippen molar-refractivity contribution in [2.75, 3.05) is 11.9 Å². The number of halogens is 1. The predicted molar refractivity (Wildman–Crippen MR) is 96.6 cm³/mol. The van der Waals surface area contributed by atoms with E-state index in [1.807, 2.05) is 20.8 Å². The van der Waals surface area contributed by atoms with Crippen LogP contribution < -0.4 is 10.9 Å². The van der Waals surface area contributed by atoms with Crippen LogP contribution in [-0.4, -0.2) is 27.1 Å². The smallest absolute Gasteiger partial charge is 0.356 e. The quantitative estimate of drug-likeness (QED) is 0.792. The summed E-state index contributed by atoms with van der Waals surface area (Å²) >= 11 is 6.28. The number of rotatable bonds is 6. The molecule has 0 bridgehead atoms. The number of pyridine rings is 1. The van der Waals surface area contributed by atoms with Crippen LogP contribution in [0.5, 0.6) is 0 Å². The summed E-state index contributed by atoms with van der Waals surface area (Å²) in [5.41, 5.74) is 0.690. The second-order valence-corrected chi connectivity index (χ2v) is 6.36. The van der Waals surface area contributed by atoms with Gasteiger partial charge >= 0.3 is 5.97 Å². The summed E-state index contributed by atoms with van der Waals surface area (Å²) in [4.78, 5) is 33.2. The molecule has 8 heteroatoms. The van der Waals surface area contributed by atoms with Crippen molar-refractivity contribution in [1.82, 2.24) is 14.5 Å². The van der Waals surface area contributed by atoms with Crippen molar-refractivity contribution >= 4 is 29.1 Å². The summed E-state index contributed by atoms with van der Waals surface area (Å²) in [6.45, 7) is 7.95. The lowest BCUT2D eigenvalue weighted by Crippen LogP contribution is -2.30. The van der Waals surface area contributed by atoms with Gasteiger partial charge in [-0.25, -0.2) is 14.8 Å². The van der Waals surface area contributed by atoms with E-state index >= 15 is 0 Å². The van der Waals surface area contributed by atoms with Gasteiger partial charge < -0.3 is 10.1 Å². The first-order valence-electron chi connectivity index (χ1n) is 7.99. The summed E-state index contributed by atoms with van der Waals surface area (Å²) in [5, 5.41) is 3.09. The molecule has 7 nitrogen and oxygen atoms in total. The van der Waals surface area contributed by atoms with Gasteiger partial charge in [0.25, 0.3) is 5.56 Å². The summed E-state index contributed by atoms with van der Waals surface area (Å²) < 4.78 is 6.38. The molecule has 0 saturated carbocycles. The Labute approximate surface area is 151 Å². The van der Waals surface area contributed by atoms with Crippen molar-refractivity contribution in [3.8, 4) is 0 Å². The Bertz CT molecular complexity index is 833. The van der Waals surface area contributed by atoms with Crippen molar-refractivity contribution in [3.05, 3.63) is 45.2 Å². The van der Waals surface area contributed by atoms with E-state index in [2.05, 4.69) is 15.3 Å². The number of nitrogens with one attached hydrogen (secondary N) is 1. The van der Waals surface area contributed by atoms with Gasteiger partial charge in [-0.05, 0) is 25.8 Å². The Morgan fingerprint density at radius 3 is 2.68 bits per heavy atom. The fraction of sp³-hybridized carbons (Fsp3) is 0.412. The Kier molecular flexibility index (Phi) is 6.14. The van der Waals surface area contributed by atoms with Crippen LogP contribution in [0.1, 0.15) is 37.0 Å². The minimum atomic E-state index is -0.616. The fourth-order valence-corrected chi connectivity index (χ4v) is 2.62. The number of hydrogen-bond donors (Lipinski definition) is 1. The molecule has 0 radical (unpaired) electrons. The van der Waals surface area contributed by atoms with Gasteiger partial charge in [0.2, 0.25) is 0 Å². The van der Waals surface area contributed by atoms with Crippen LogP contribution in [0, 0.1) is 12.8 Å². The second-order valence-electron chi connectivity index (χ2n) is 5.95. The number of aryl methyl sites for hydroxylation is 1. The van der Waals surface area contributed by atoms with E-state index < -0.39 is 5.97 Å². The van der Waals surface area contributed by atoms with Crippen molar-refractivity contribution in [3.63, 3.8) is 0 Å². The normalized spacial score (nSPS) is 10.8. The molecule has 0 atom stereocenters. The van der Waals surface area contributed by atoms with E-state index in [0.717, 1.165) is 5.69 Å². The fourth-order valence-electron chi connectivity index (χ4n) is 2.33. The zero-order valence-electron chi connectivity index (χ0n) is 14.7. The van der Waals surface area contributed by atoms with E-state index in [1.54, 1.807) is 13.0 Å². The molecule has 0 amide bonds. The molecule has 0 aromatic carbocycles. The summed E-state index contributed by atoms with van der Waals surface area (Å²) in [6, 6.07) is 3.13. The van der Waals surface area contributed by atoms with Gasteiger partial charge in [0.15, 0.2) is 0 Å². The van der Waals surface area contributed by atoms with Crippen molar-refractivity contribution in [2.45, 2.75) is 34.2 Å². The Balaban J connectivity index is 2.54. The van der Waals surface area contributed by atoms with Gasteiger partial charge in [0.05, 0.1) is 11.6 Å². The van der Waals surface area contributed by atoms with Crippen LogP contribution in [-0.2, 0) is 11.3 Å². The van der Waals surface area contributed by atoms with E-state index in [-0.39, 0.29) is 34.5 Å².